The van der Waals surface area contributed by atoms with Crippen molar-refractivity contribution in [3.05, 3.63) is 29.8 Å². The summed E-state index contributed by atoms with van der Waals surface area (Å²) < 4.78 is 5.15. The third kappa shape index (κ3) is 5.38. The Morgan fingerprint density at radius 2 is 1.86 bits per heavy atom. The van der Waals surface area contributed by atoms with Gasteiger partial charge < -0.3 is 15.8 Å². The molecule has 1 aromatic rings. The fourth-order valence-corrected chi connectivity index (χ4v) is 2.02. The van der Waals surface area contributed by atoms with Crippen LogP contribution in [0.25, 0.3) is 0 Å². The summed E-state index contributed by atoms with van der Waals surface area (Å²) >= 11 is 0. The van der Waals surface area contributed by atoms with Crippen LogP contribution in [0.4, 0.5) is 0 Å². The molecule has 2 atom stereocenters. The van der Waals surface area contributed by atoms with Crippen molar-refractivity contribution in [2.75, 3.05) is 7.11 Å². The van der Waals surface area contributed by atoms with Crippen LogP contribution < -0.4 is 15.8 Å². The SMILES string of the molecule is CCC(NC(=O)CC(N)C(C)(C)C)c1ccc(OC)cc1. The van der Waals surface area contributed by atoms with Crippen LogP contribution >= 0.6 is 0 Å². The van der Waals surface area contributed by atoms with E-state index in [1.54, 1.807) is 7.11 Å². The van der Waals surface area contributed by atoms with Crippen molar-refractivity contribution in [1.82, 2.24) is 5.32 Å². The second kappa shape index (κ2) is 7.46. The van der Waals surface area contributed by atoms with Crippen molar-refractivity contribution in [2.45, 2.75) is 52.6 Å². The molecule has 0 radical (unpaired) electrons. The van der Waals surface area contributed by atoms with E-state index in [1.165, 1.54) is 0 Å². The van der Waals surface area contributed by atoms with Gasteiger partial charge in [0.25, 0.3) is 0 Å². The first-order valence-electron chi connectivity index (χ1n) is 7.46. The fourth-order valence-electron chi connectivity index (χ4n) is 2.02. The summed E-state index contributed by atoms with van der Waals surface area (Å²) in [4.78, 5) is 12.2. The number of nitrogens with two attached hydrogens (primary N) is 1. The molecule has 0 aromatic heterocycles. The predicted molar refractivity (Wildman–Crippen MR) is 86.2 cm³/mol. The van der Waals surface area contributed by atoms with Gasteiger partial charge in [-0.25, -0.2) is 0 Å². The van der Waals surface area contributed by atoms with E-state index < -0.39 is 0 Å². The lowest BCUT2D eigenvalue weighted by Crippen LogP contribution is -2.40. The number of amides is 1. The van der Waals surface area contributed by atoms with E-state index in [1.807, 2.05) is 45.0 Å². The van der Waals surface area contributed by atoms with Crippen LogP contribution in [0.2, 0.25) is 0 Å². The van der Waals surface area contributed by atoms with Gasteiger partial charge in [-0.15, -0.1) is 0 Å². The maximum atomic E-state index is 12.2. The van der Waals surface area contributed by atoms with Crippen LogP contribution in [0, 0.1) is 5.41 Å². The number of nitrogens with one attached hydrogen (secondary N) is 1. The minimum atomic E-state index is -0.147. The lowest BCUT2D eigenvalue weighted by Gasteiger charge is -2.27. The molecule has 0 aliphatic carbocycles. The molecule has 4 nitrogen and oxygen atoms in total. The Labute approximate surface area is 128 Å². The summed E-state index contributed by atoms with van der Waals surface area (Å²) in [5.74, 6) is 0.815. The zero-order valence-electron chi connectivity index (χ0n) is 13.8. The summed E-state index contributed by atoms with van der Waals surface area (Å²) in [5, 5.41) is 3.06. The van der Waals surface area contributed by atoms with Crippen LogP contribution in [0.1, 0.15) is 52.1 Å². The first-order chi connectivity index (χ1) is 9.77. The monoisotopic (exact) mass is 292 g/mol. The van der Waals surface area contributed by atoms with Crippen molar-refractivity contribution in [1.29, 1.82) is 0 Å². The summed E-state index contributed by atoms with van der Waals surface area (Å²) in [6.45, 7) is 8.20. The maximum Gasteiger partial charge on any atom is 0.222 e. The van der Waals surface area contributed by atoms with Crippen molar-refractivity contribution < 1.29 is 9.53 Å². The molecule has 0 saturated carbocycles. The Balaban J connectivity index is 2.66. The van der Waals surface area contributed by atoms with Gasteiger partial charge in [0.05, 0.1) is 13.2 Å². The van der Waals surface area contributed by atoms with E-state index in [-0.39, 0.29) is 23.4 Å². The number of hydrogen-bond donors (Lipinski definition) is 2. The van der Waals surface area contributed by atoms with Crippen LogP contribution in [0.5, 0.6) is 5.75 Å². The van der Waals surface area contributed by atoms with Gasteiger partial charge in [-0.3, -0.25) is 4.79 Å². The van der Waals surface area contributed by atoms with Gasteiger partial charge in [0, 0.05) is 12.5 Å². The van der Waals surface area contributed by atoms with Crippen LogP contribution in [0.3, 0.4) is 0 Å². The largest absolute Gasteiger partial charge is 0.497 e. The quantitative estimate of drug-likeness (QED) is 0.847. The van der Waals surface area contributed by atoms with E-state index >= 15 is 0 Å². The van der Waals surface area contributed by atoms with E-state index in [9.17, 15) is 4.79 Å². The van der Waals surface area contributed by atoms with Gasteiger partial charge in [-0.1, -0.05) is 39.8 Å². The molecule has 21 heavy (non-hydrogen) atoms. The number of hydrogen-bond acceptors (Lipinski definition) is 3. The maximum absolute atomic E-state index is 12.2. The van der Waals surface area contributed by atoms with E-state index in [2.05, 4.69) is 12.2 Å². The highest BCUT2D eigenvalue weighted by atomic mass is 16.5. The van der Waals surface area contributed by atoms with Crippen LogP contribution in [0.15, 0.2) is 24.3 Å². The first-order valence-corrected chi connectivity index (χ1v) is 7.46. The second-order valence-electron chi connectivity index (χ2n) is 6.48. The van der Waals surface area contributed by atoms with Gasteiger partial charge in [0.1, 0.15) is 5.75 Å². The molecule has 118 valence electrons. The average Bonchev–Trinajstić information content (AvgIpc) is 2.44. The average molecular weight is 292 g/mol. The Morgan fingerprint density at radius 1 is 1.29 bits per heavy atom. The molecule has 4 heteroatoms. The number of ether oxygens (including phenoxy) is 1. The number of benzene rings is 1. The Morgan fingerprint density at radius 3 is 2.29 bits per heavy atom. The fraction of sp³-hybridized carbons (Fsp3) is 0.588. The van der Waals surface area contributed by atoms with E-state index in [0.717, 1.165) is 17.7 Å². The molecule has 1 aromatic carbocycles. The van der Waals surface area contributed by atoms with E-state index in [0.29, 0.717) is 6.42 Å². The predicted octanol–water partition coefficient (Wildman–Crippen LogP) is 3.03. The number of carbonyl (C=O) groups excluding carboxylic acids is 1. The van der Waals surface area contributed by atoms with Gasteiger partial charge in [0.2, 0.25) is 5.91 Å². The Hall–Kier alpha value is -1.55. The Bertz CT molecular complexity index is 449. The number of rotatable bonds is 6. The number of carbonyl (C=O) groups is 1. The molecular formula is C17H28N2O2. The zero-order chi connectivity index (χ0) is 16.0. The molecule has 1 rings (SSSR count). The zero-order valence-corrected chi connectivity index (χ0v) is 13.8. The molecule has 0 fully saturated rings. The molecule has 0 saturated heterocycles. The molecule has 0 spiro atoms. The minimum absolute atomic E-state index is 0.0000862. The number of methoxy groups -OCH3 is 1. The molecule has 0 aliphatic heterocycles. The lowest BCUT2D eigenvalue weighted by atomic mass is 9.85. The van der Waals surface area contributed by atoms with Crippen LogP contribution in [-0.4, -0.2) is 19.1 Å². The van der Waals surface area contributed by atoms with Crippen LogP contribution in [-0.2, 0) is 4.79 Å². The highest BCUT2D eigenvalue weighted by Gasteiger charge is 2.24. The second-order valence-corrected chi connectivity index (χ2v) is 6.48. The molecule has 0 aliphatic rings. The standard InChI is InChI=1S/C17H28N2O2/c1-6-14(12-7-9-13(21-5)10-8-12)19-16(20)11-15(18)17(2,3)4/h7-10,14-15H,6,11,18H2,1-5H3,(H,19,20). The van der Waals surface area contributed by atoms with Crippen molar-refractivity contribution in [3.63, 3.8) is 0 Å². The van der Waals surface area contributed by atoms with Crippen molar-refractivity contribution >= 4 is 5.91 Å². The van der Waals surface area contributed by atoms with Gasteiger partial charge in [-0.05, 0) is 29.5 Å². The van der Waals surface area contributed by atoms with E-state index in [4.69, 9.17) is 10.5 Å². The topological polar surface area (TPSA) is 64.4 Å². The highest BCUT2D eigenvalue weighted by molar-refractivity contribution is 5.77. The third-order valence-corrected chi connectivity index (χ3v) is 3.78. The van der Waals surface area contributed by atoms with Gasteiger partial charge >= 0.3 is 0 Å². The summed E-state index contributed by atoms with van der Waals surface area (Å²) in [6.07, 6.45) is 1.18. The molecule has 2 unspecified atom stereocenters. The third-order valence-electron chi connectivity index (χ3n) is 3.78. The smallest absolute Gasteiger partial charge is 0.222 e. The summed E-state index contributed by atoms with van der Waals surface area (Å²) in [6, 6.07) is 7.64. The molecular weight excluding hydrogens is 264 g/mol. The molecule has 3 N–H and O–H groups in total. The molecule has 0 bridgehead atoms. The normalized spacial score (nSPS) is 14.4. The van der Waals surface area contributed by atoms with Gasteiger partial charge in [0.15, 0.2) is 0 Å². The summed E-state index contributed by atoms with van der Waals surface area (Å²) in [5.41, 5.74) is 7.08. The summed E-state index contributed by atoms with van der Waals surface area (Å²) in [7, 11) is 1.64. The molecule has 0 heterocycles. The Kier molecular flexibility index (Phi) is 6.21. The minimum Gasteiger partial charge on any atom is -0.497 e. The molecule has 1 amide bonds. The van der Waals surface area contributed by atoms with Gasteiger partial charge in [-0.2, -0.15) is 0 Å². The lowest BCUT2D eigenvalue weighted by molar-refractivity contribution is -0.122. The van der Waals surface area contributed by atoms with Crippen molar-refractivity contribution in [2.24, 2.45) is 11.1 Å². The highest BCUT2D eigenvalue weighted by Crippen LogP contribution is 2.22. The first kappa shape index (κ1) is 17.5. The van der Waals surface area contributed by atoms with Crippen molar-refractivity contribution in [3.8, 4) is 5.75 Å².